The number of anilines is 2. The number of nitrogens with zero attached hydrogens (tertiary/aromatic N) is 2. The van der Waals surface area contributed by atoms with Gasteiger partial charge in [0, 0.05) is 37.1 Å². The number of likely N-dealkylation sites (N-methyl/N-ethyl adjacent to an activating group) is 1. The number of aryl methyl sites for hydroxylation is 1. The Morgan fingerprint density at radius 3 is 2.53 bits per heavy atom. The Labute approximate surface area is 187 Å². The number of urea groups is 1. The maximum absolute atomic E-state index is 13.0. The zero-order chi connectivity index (χ0) is 23.6. The van der Waals surface area contributed by atoms with Crippen molar-refractivity contribution < 1.29 is 27.6 Å². The number of hydrogen-bond donors (Lipinski definition) is 2. The molecule has 0 atom stereocenters. The van der Waals surface area contributed by atoms with Gasteiger partial charge in [-0.1, -0.05) is 11.6 Å². The first kappa shape index (κ1) is 23.4. The van der Waals surface area contributed by atoms with E-state index in [4.69, 9.17) is 11.6 Å². The van der Waals surface area contributed by atoms with Crippen LogP contribution in [0.25, 0.3) is 0 Å². The molecule has 0 radical (unpaired) electrons. The topological polar surface area (TPSA) is 81.8 Å². The van der Waals surface area contributed by atoms with Crippen LogP contribution >= 0.6 is 11.6 Å². The molecule has 0 spiro atoms. The van der Waals surface area contributed by atoms with Crippen molar-refractivity contribution >= 4 is 40.8 Å². The Kier molecular flexibility index (Phi) is 6.63. The summed E-state index contributed by atoms with van der Waals surface area (Å²) in [7, 11) is 1.40. The largest absolute Gasteiger partial charge is 0.417 e. The summed E-state index contributed by atoms with van der Waals surface area (Å²) in [6, 6.07) is 7.64. The van der Waals surface area contributed by atoms with Crippen molar-refractivity contribution in [3.8, 4) is 0 Å². The molecule has 1 heterocycles. The first-order valence-corrected chi connectivity index (χ1v) is 9.93. The predicted molar refractivity (Wildman–Crippen MR) is 114 cm³/mol. The Morgan fingerprint density at radius 1 is 1.22 bits per heavy atom. The predicted octanol–water partition coefficient (Wildman–Crippen LogP) is 3.91. The number of alkyl halides is 3. The molecule has 7 nitrogen and oxygen atoms in total. The number of halogens is 4. The maximum Gasteiger partial charge on any atom is 0.417 e. The van der Waals surface area contributed by atoms with E-state index in [9.17, 15) is 27.6 Å². The molecule has 11 heteroatoms. The van der Waals surface area contributed by atoms with E-state index in [2.05, 4.69) is 10.6 Å². The van der Waals surface area contributed by atoms with Crippen LogP contribution in [-0.4, -0.2) is 49.4 Å². The molecule has 4 amide bonds. The van der Waals surface area contributed by atoms with Gasteiger partial charge in [0.15, 0.2) is 0 Å². The van der Waals surface area contributed by atoms with Crippen molar-refractivity contribution in [2.75, 3.05) is 36.9 Å². The standard InChI is InChI=1S/C21H20ClF3N4O3/c1-12-9-13(3-6-17(12)29-8-7-26-20(29)32)19(31)28(2)11-18(30)27-14-4-5-16(22)15(10-14)21(23,24)25/h3-6,9-10H,7-8,11H2,1-2H3,(H,26,32)(H,27,30). The number of hydrogen-bond acceptors (Lipinski definition) is 3. The molecule has 1 aliphatic rings. The molecule has 0 saturated carbocycles. The van der Waals surface area contributed by atoms with Crippen LogP contribution in [0.5, 0.6) is 0 Å². The van der Waals surface area contributed by atoms with E-state index < -0.39 is 28.6 Å². The van der Waals surface area contributed by atoms with Gasteiger partial charge in [-0.3, -0.25) is 14.5 Å². The van der Waals surface area contributed by atoms with Crippen molar-refractivity contribution in [2.45, 2.75) is 13.1 Å². The van der Waals surface area contributed by atoms with E-state index in [0.29, 0.717) is 29.9 Å². The molecule has 170 valence electrons. The first-order valence-electron chi connectivity index (χ1n) is 9.55. The quantitative estimate of drug-likeness (QED) is 0.698. The second kappa shape index (κ2) is 9.07. The molecule has 2 aromatic carbocycles. The van der Waals surface area contributed by atoms with Crippen LogP contribution in [0.4, 0.5) is 29.3 Å². The van der Waals surface area contributed by atoms with Gasteiger partial charge < -0.3 is 15.5 Å². The summed E-state index contributed by atoms with van der Waals surface area (Å²) in [6.07, 6.45) is -4.66. The summed E-state index contributed by atoms with van der Waals surface area (Å²) >= 11 is 5.57. The fourth-order valence-electron chi connectivity index (χ4n) is 3.32. The molecule has 1 aliphatic heterocycles. The average Bonchev–Trinajstić information content (AvgIpc) is 3.13. The van der Waals surface area contributed by atoms with E-state index in [1.54, 1.807) is 30.0 Å². The fraction of sp³-hybridized carbons (Fsp3) is 0.286. The summed E-state index contributed by atoms with van der Waals surface area (Å²) < 4.78 is 38.9. The van der Waals surface area contributed by atoms with Gasteiger partial charge in [-0.05, 0) is 48.9 Å². The number of carbonyl (C=O) groups is 3. The highest BCUT2D eigenvalue weighted by Gasteiger charge is 2.33. The molecule has 0 aliphatic carbocycles. The van der Waals surface area contributed by atoms with Crippen LogP contribution in [0.15, 0.2) is 36.4 Å². The number of amides is 4. The summed E-state index contributed by atoms with van der Waals surface area (Å²) in [5, 5.41) is 4.56. The van der Waals surface area contributed by atoms with Crippen molar-refractivity contribution in [1.82, 2.24) is 10.2 Å². The molecule has 1 fully saturated rings. The molecular weight excluding hydrogens is 449 g/mol. The van der Waals surface area contributed by atoms with Crippen LogP contribution in [0.1, 0.15) is 21.5 Å². The molecule has 32 heavy (non-hydrogen) atoms. The third kappa shape index (κ3) is 5.13. The lowest BCUT2D eigenvalue weighted by Gasteiger charge is -2.20. The third-order valence-corrected chi connectivity index (χ3v) is 5.20. The van der Waals surface area contributed by atoms with E-state index in [1.807, 2.05) is 0 Å². The molecule has 1 saturated heterocycles. The monoisotopic (exact) mass is 468 g/mol. The highest BCUT2D eigenvalue weighted by atomic mass is 35.5. The number of nitrogens with one attached hydrogen (secondary N) is 2. The van der Waals surface area contributed by atoms with E-state index in [1.165, 1.54) is 13.1 Å². The number of rotatable bonds is 5. The second-order valence-electron chi connectivity index (χ2n) is 7.29. The number of benzene rings is 2. The van der Waals surface area contributed by atoms with Crippen LogP contribution < -0.4 is 15.5 Å². The minimum Gasteiger partial charge on any atom is -0.336 e. The lowest BCUT2D eigenvalue weighted by atomic mass is 10.1. The van der Waals surface area contributed by atoms with Gasteiger partial charge in [0.1, 0.15) is 0 Å². The van der Waals surface area contributed by atoms with E-state index in [-0.39, 0.29) is 18.3 Å². The molecule has 0 bridgehead atoms. The molecular formula is C21H20ClF3N4O3. The summed E-state index contributed by atoms with van der Waals surface area (Å²) in [4.78, 5) is 39.5. The molecule has 0 unspecified atom stereocenters. The Morgan fingerprint density at radius 2 is 1.94 bits per heavy atom. The molecule has 2 N–H and O–H groups in total. The number of carbonyl (C=O) groups excluding carboxylic acids is 3. The molecule has 3 rings (SSSR count). The van der Waals surface area contributed by atoms with Gasteiger partial charge in [-0.2, -0.15) is 13.2 Å². The smallest absolute Gasteiger partial charge is 0.336 e. The zero-order valence-electron chi connectivity index (χ0n) is 17.2. The lowest BCUT2D eigenvalue weighted by Crippen LogP contribution is -2.35. The Hall–Kier alpha value is -3.27. The van der Waals surface area contributed by atoms with Crippen molar-refractivity contribution in [3.05, 3.63) is 58.1 Å². The summed E-state index contributed by atoms with van der Waals surface area (Å²) in [6.45, 7) is 2.45. The Bertz CT molecular complexity index is 1070. The van der Waals surface area contributed by atoms with Gasteiger partial charge in [-0.15, -0.1) is 0 Å². The fourth-order valence-corrected chi connectivity index (χ4v) is 3.55. The maximum atomic E-state index is 13.0. The van der Waals surface area contributed by atoms with Gasteiger partial charge in [0.2, 0.25) is 5.91 Å². The summed E-state index contributed by atoms with van der Waals surface area (Å²) in [5.41, 5.74) is 0.555. The average molecular weight is 469 g/mol. The minimum atomic E-state index is -4.66. The molecule has 0 aromatic heterocycles. The van der Waals surface area contributed by atoms with Crippen LogP contribution in [0, 0.1) is 6.92 Å². The highest BCUT2D eigenvalue weighted by Crippen LogP contribution is 2.36. The minimum absolute atomic E-state index is 0.0864. The summed E-state index contributed by atoms with van der Waals surface area (Å²) in [5.74, 6) is -1.12. The van der Waals surface area contributed by atoms with Gasteiger partial charge in [0.25, 0.3) is 5.91 Å². The first-order chi connectivity index (χ1) is 15.0. The zero-order valence-corrected chi connectivity index (χ0v) is 18.0. The van der Waals surface area contributed by atoms with Gasteiger partial charge >= 0.3 is 12.2 Å². The van der Waals surface area contributed by atoms with E-state index in [0.717, 1.165) is 17.0 Å². The van der Waals surface area contributed by atoms with Gasteiger partial charge in [-0.25, -0.2) is 4.79 Å². The normalized spacial score (nSPS) is 13.7. The van der Waals surface area contributed by atoms with Crippen molar-refractivity contribution in [3.63, 3.8) is 0 Å². The third-order valence-electron chi connectivity index (χ3n) is 4.87. The van der Waals surface area contributed by atoms with Crippen molar-refractivity contribution in [2.24, 2.45) is 0 Å². The Balaban J connectivity index is 1.66. The highest BCUT2D eigenvalue weighted by molar-refractivity contribution is 6.31. The van der Waals surface area contributed by atoms with Gasteiger partial charge in [0.05, 0.1) is 17.1 Å². The van der Waals surface area contributed by atoms with Crippen LogP contribution in [-0.2, 0) is 11.0 Å². The van der Waals surface area contributed by atoms with Crippen molar-refractivity contribution in [1.29, 1.82) is 0 Å². The van der Waals surface area contributed by atoms with Crippen LogP contribution in [0.3, 0.4) is 0 Å². The van der Waals surface area contributed by atoms with E-state index >= 15 is 0 Å². The molecule has 2 aromatic rings. The second-order valence-corrected chi connectivity index (χ2v) is 7.69. The SMILES string of the molecule is Cc1cc(C(=O)N(C)CC(=O)Nc2ccc(Cl)c(C(F)(F)F)c2)ccc1N1CCNC1=O. The van der Waals surface area contributed by atoms with Crippen LogP contribution in [0.2, 0.25) is 5.02 Å². The lowest BCUT2D eigenvalue weighted by molar-refractivity contribution is -0.137.